The SMILES string of the molecule is CC(O)Cn1cc(N)cc1S(=O)(=O)c1ccc(OC(F)(F)F)cc1N(C)C. The molecule has 0 aliphatic carbocycles. The Labute approximate surface area is 154 Å². The number of nitrogens with zero attached hydrogens (tertiary/aromatic N) is 2. The van der Waals surface area contributed by atoms with E-state index in [0.717, 1.165) is 18.2 Å². The number of rotatable bonds is 6. The number of ether oxygens (including phenoxy) is 1. The molecule has 1 unspecified atom stereocenters. The number of nitrogen functional groups attached to an aromatic ring is 1. The van der Waals surface area contributed by atoms with Gasteiger partial charge in [-0.05, 0) is 25.1 Å². The molecule has 1 aromatic heterocycles. The van der Waals surface area contributed by atoms with Crippen molar-refractivity contribution < 1.29 is 31.4 Å². The number of halogens is 3. The van der Waals surface area contributed by atoms with E-state index >= 15 is 0 Å². The molecule has 0 radical (unpaired) electrons. The first kappa shape index (κ1) is 20.9. The van der Waals surface area contributed by atoms with Crippen molar-refractivity contribution >= 4 is 21.2 Å². The van der Waals surface area contributed by atoms with Gasteiger partial charge >= 0.3 is 6.36 Å². The predicted molar refractivity (Wildman–Crippen MR) is 93.4 cm³/mol. The highest BCUT2D eigenvalue weighted by Gasteiger charge is 2.32. The van der Waals surface area contributed by atoms with Crippen molar-refractivity contribution in [1.82, 2.24) is 4.57 Å². The lowest BCUT2D eigenvalue weighted by Gasteiger charge is -2.20. The van der Waals surface area contributed by atoms with E-state index in [1.807, 2.05) is 0 Å². The second-order valence-electron chi connectivity index (χ2n) is 6.19. The number of alkyl halides is 3. The Kier molecular flexibility index (Phi) is 5.66. The maximum atomic E-state index is 13.1. The summed E-state index contributed by atoms with van der Waals surface area (Å²) in [5.74, 6) is -0.538. The second-order valence-corrected chi connectivity index (χ2v) is 8.05. The summed E-state index contributed by atoms with van der Waals surface area (Å²) in [5.41, 5.74) is 5.89. The third kappa shape index (κ3) is 4.86. The Hall–Kier alpha value is -2.40. The molecule has 1 aromatic carbocycles. The molecule has 2 aromatic rings. The Balaban J connectivity index is 2.59. The maximum absolute atomic E-state index is 13.1. The minimum absolute atomic E-state index is 0.0140. The number of aliphatic hydroxyl groups excluding tert-OH is 1. The molecule has 0 fully saturated rings. The molecule has 3 N–H and O–H groups in total. The summed E-state index contributed by atoms with van der Waals surface area (Å²) in [4.78, 5) is 1.15. The molecule has 0 amide bonds. The van der Waals surface area contributed by atoms with E-state index in [-0.39, 0.29) is 27.8 Å². The zero-order valence-corrected chi connectivity index (χ0v) is 15.7. The van der Waals surface area contributed by atoms with Crippen LogP contribution in [0.3, 0.4) is 0 Å². The van der Waals surface area contributed by atoms with Crippen LogP contribution in [0.5, 0.6) is 5.75 Å². The number of nitrogens with two attached hydrogens (primary N) is 1. The van der Waals surface area contributed by atoms with Crippen LogP contribution >= 0.6 is 0 Å². The Morgan fingerprint density at radius 2 is 1.93 bits per heavy atom. The third-order valence-electron chi connectivity index (χ3n) is 3.55. The van der Waals surface area contributed by atoms with Crippen LogP contribution in [0.2, 0.25) is 0 Å². The summed E-state index contributed by atoms with van der Waals surface area (Å²) in [6, 6.07) is 4.20. The van der Waals surface area contributed by atoms with Gasteiger partial charge in [-0.2, -0.15) is 0 Å². The molecule has 150 valence electrons. The molecule has 0 aliphatic heterocycles. The van der Waals surface area contributed by atoms with E-state index < -0.39 is 28.1 Å². The van der Waals surface area contributed by atoms with Crippen molar-refractivity contribution in [2.75, 3.05) is 24.7 Å². The molecule has 0 saturated carbocycles. The lowest BCUT2D eigenvalue weighted by Crippen LogP contribution is -2.20. The van der Waals surface area contributed by atoms with Crippen molar-refractivity contribution in [3.8, 4) is 5.75 Å². The van der Waals surface area contributed by atoms with Gasteiger partial charge < -0.3 is 25.0 Å². The van der Waals surface area contributed by atoms with Crippen LogP contribution in [0.25, 0.3) is 0 Å². The zero-order chi connectivity index (χ0) is 20.6. The van der Waals surface area contributed by atoms with E-state index in [1.54, 1.807) is 0 Å². The van der Waals surface area contributed by atoms with E-state index in [1.165, 1.54) is 42.7 Å². The summed E-state index contributed by atoms with van der Waals surface area (Å²) < 4.78 is 68.8. The van der Waals surface area contributed by atoms with Gasteiger partial charge in [0.15, 0.2) is 0 Å². The minimum Gasteiger partial charge on any atom is -0.406 e. The molecule has 1 atom stereocenters. The third-order valence-corrected chi connectivity index (χ3v) is 5.38. The average Bonchev–Trinajstić information content (AvgIpc) is 2.85. The van der Waals surface area contributed by atoms with E-state index in [9.17, 15) is 26.7 Å². The molecule has 11 heteroatoms. The normalized spacial score (nSPS) is 13.4. The second kappa shape index (κ2) is 7.31. The Bertz CT molecular complexity index is 921. The quantitative estimate of drug-likeness (QED) is 0.762. The molecule has 0 bridgehead atoms. The van der Waals surface area contributed by atoms with Crippen LogP contribution in [0.1, 0.15) is 6.92 Å². The highest BCUT2D eigenvalue weighted by Crippen LogP contribution is 2.35. The van der Waals surface area contributed by atoms with Crippen LogP contribution in [0, 0.1) is 0 Å². The summed E-state index contributed by atoms with van der Waals surface area (Å²) in [7, 11) is -1.15. The monoisotopic (exact) mass is 407 g/mol. The van der Waals surface area contributed by atoms with Gasteiger partial charge in [-0.3, -0.25) is 0 Å². The van der Waals surface area contributed by atoms with Crippen molar-refractivity contribution in [3.63, 3.8) is 0 Å². The predicted octanol–water partition coefficient (Wildman–Crippen LogP) is 2.25. The number of hydrogen-bond acceptors (Lipinski definition) is 6. The summed E-state index contributed by atoms with van der Waals surface area (Å²) >= 11 is 0. The summed E-state index contributed by atoms with van der Waals surface area (Å²) in [6.07, 6.45) is -4.36. The van der Waals surface area contributed by atoms with Crippen LogP contribution in [0.15, 0.2) is 40.4 Å². The Morgan fingerprint density at radius 3 is 2.44 bits per heavy atom. The number of aromatic nitrogens is 1. The summed E-state index contributed by atoms with van der Waals surface area (Å²) in [6.45, 7) is 1.47. The fraction of sp³-hybridized carbons (Fsp3) is 0.375. The first-order valence-electron chi connectivity index (χ1n) is 7.77. The van der Waals surface area contributed by atoms with Gasteiger partial charge in [0.1, 0.15) is 10.8 Å². The molecule has 1 heterocycles. The van der Waals surface area contributed by atoms with Crippen molar-refractivity contribution in [2.24, 2.45) is 0 Å². The maximum Gasteiger partial charge on any atom is 0.573 e. The average molecular weight is 407 g/mol. The van der Waals surface area contributed by atoms with Crippen LogP contribution < -0.4 is 15.4 Å². The van der Waals surface area contributed by atoms with Crippen molar-refractivity contribution in [3.05, 3.63) is 30.5 Å². The molecule has 27 heavy (non-hydrogen) atoms. The number of aliphatic hydroxyl groups is 1. The van der Waals surface area contributed by atoms with E-state index in [4.69, 9.17) is 5.73 Å². The topological polar surface area (TPSA) is 97.8 Å². The lowest BCUT2D eigenvalue weighted by molar-refractivity contribution is -0.274. The Morgan fingerprint density at radius 1 is 1.30 bits per heavy atom. The molecule has 7 nitrogen and oxygen atoms in total. The van der Waals surface area contributed by atoms with Crippen molar-refractivity contribution in [2.45, 2.75) is 35.9 Å². The van der Waals surface area contributed by atoms with Gasteiger partial charge in [-0.1, -0.05) is 0 Å². The van der Waals surface area contributed by atoms with Crippen molar-refractivity contribution in [1.29, 1.82) is 0 Å². The fourth-order valence-electron chi connectivity index (χ4n) is 2.55. The lowest BCUT2D eigenvalue weighted by atomic mass is 10.3. The number of anilines is 2. The number of benzene rings is 1. The van der Waals surface area contributed by atoms with Crippen LogP contribution in [-0.4, -0.2) is 44.7 Å². The molecule has 0 spiro atoms. The van der Waals surface area contributed by atoms with E-state index in [2.05, 4.69) is 4.74 Å². The molecular weight excluding hydrogens is 387 g/mol. The van der Waals surface area contributed by atoms with Gasteiger partial charge in [-0.25, -0.2) is 8.42 Å². The largest absolute Gasteiger partial charge is 0.573 e. The number of sulfone groups is 1. The van der Waals surface area contributed by atoms with E-state index in [0.29, 0.717) is 0 Å². The zero-order valence-electron chi connectivity index (χ0n) is 14.9. The smallest absolute Gasteiger partial charge is 0.406 e. The minimum atomic E-state index is -4.90. The highest BCUT2D eigenvalue weighted by molar-refractivity contribution is 7.91. The molecule has 0 saturated heterocycles. The van der Waals surface area contributed by atoms with Gasteiger partial charge in [0.2, 0.25) is 9.84 Å². The first-order chi connectivity index (χ1) is 12.3. The molecular formula is C16H20F3N3O4S. The van der Waals surface area contributed by atoms with Crippen LogP contribution in [-0.2, 0) is 16.4 Å². The first-order valence-corrected chi connectivity index (χ1v) is 9.25. The van der Waals surface area contributed by atoms with Gasteiger partial charge in [0, 0.05) is 32.9 Å². The number of hydrogen-bond donors (Lipinski definition) is 2. The fourth-order valence-corrected chi connectivity index (χ4v) is 4.27. The van der Waals surface area contributed by atoms with Gasteiger partial charge in [0.25, 0.3) is 0 Å². The summed E-state index contributed by atoms with van der Waals surface area (Å²) in [5, 5.41) is 9.40. The molecule has 2 rings (SSSR count). The van der Waals surface area contributed by atoms with Crippen LogP contribution in [0.4, 0.5) is 24.5 Å². The van der Waals surface area contributed by atoms with Gasteiger partial charge in [0.05, 0.1) is 22.4 Å². The standard InChI is InChI=1S/C16H20F3N3O4S/c1-10(23)8-22-9-11(20)6-15(22)27(24,25)14-5-4-12(26-16(17,18)19)7-13(14)21(2)3/h4-7,9-10,23H,8,20H2,1-3H3. The molecule has 0 aliphatic rings. The van der Waals surface area contributed by atoms with Gasteiger partial charge in [-0.15, -0.1) is 13.2 Å². The highest BCUT2D eigenvalue weighted by atomic mass is 32.2.